The molecule has 0 aromatic carbocycles. The summed E-state index contributed by atoms with van der Waals surface area (Å²) in [7, 11) is 0. The average Bonchev–Trinajstić information content (AvgIpc) is 2.52. The molecule has 0 unspecified atom stereocenters. The molecule has 0 bridgehead atoms. The van der Waals surface area contributed by atoms with E-state index >= 15 is 0 Å². The Bertz CT molecular complexity index is 551. The lowest BCUT2D eigenvalue weighted by atomic mass is 9.53. The van der Waals surface area contributed by atoms with Crippen molar-refractivity contribution in [2.75, 3.05) is 23.3 Å². The van der Waals surface area contributed by atoms with Gasteiger partial charge in [0.25, 0.3) is 0 Å². The smallest absolute Gasteiger partial charge is 0.225 e. The highest BCUT2D eigenvalue weighted by Crippen LogP contribution is 2.56. The van der Waals surface area contributed by atoms with E-state index in [0.717, 1.165) is 49.4 Å². The maximum atomic E-state index is 9.48. The predicted molar refractivity (Wildman–Crippen MR) is 96.1 cm³/mol. The number of anilines is 2. The van der Waals surface area contributed by atoms with Crippen molar-refractivity contribution in [3.8, 4) is 0 Å². The summed E-state index contributed by atoms with van der Waals surface area (Å²) < 4.78 is 0. The van der Waals surface area contributed by atoms with Gasteiger partial charge in [0.2, 0.25) is 5.95 Å². The molecular formula is C19H30N4O. The summed E-state index contributed by atoms with van der Waals surface area (Å²) in [4.78, 5) is 11.5. The third-order valence-electron chi connectivity index (χ3n) is 6.47. The van der Waals surface area contributed by atoms with Crippen LogP contribution in [0.5, 0.6) is 0 Å². The molecule has 132 valence electrons. The van der Waals surface area contributed by atoms with Gasteiger partial charge in [0.15, 0.2) is 0 Å². The second kappa shape index (κ2) is 6.17. The van der Waals surface area contributed by atoms with E-state index in [1.807, 2.05) is 12.4 Å². The SMILES string of the molecule is CC(C)C1CCN(c2ncc(NC3CC4(CC(O)C4)C3)cn2)CC1. The van der Waals surface area contributed by atoms with Crippen LogP contribution in [0.25, 0.3) is 0 Å². The molecule has 0 amide bonds. The minimum absolute atomic E-state index is 0.0478. The normalized spacial score (nSPS) is 33.4. The molecule has 1 spiro atoms. The van der Waals surface area contributed by atoms with Crippen LogP contribution in [0.15, 0.2) is 12.4 Å². The van der Waals surface area contributed by atoms with Crippen molar-refractivity contribution in [3.63, 3.8) is 0 Å². The van der Waals surface area contributed by atoms with Crippen LogP contribution in [0.3, 0.4) is 0 Å². The highest BCUT2D eigenvalue weighted by Gasteiger charge is 2.52. The number of aromatic nitrogens is 2. The Balaban J connectivity index is 1.27. The van der Waals surface area contributed by atoms with Gasteiger partial charge in [0, 0.05) is 19.1 Å². The number of hydrogen-bond acceptors (Lipinski definition) is 5. The van der Waals surface area contributed by atoms with Crippen molar-refractivity contribution in [2.24, 2.45) is 17.3 Å². The number of rotatable bonds is 4. The molecule has 1 saturated heterocycles. The molecule has 1 aliphatic heterocycles. The quantitative estimate of drug-likeness (QED) is 0.888. The number of nitrogens with one attached hydrogen (secondary N) is 1. The molecule has 2 heterocycles. The molecule has 2 N–H and O–H groups in total. The highest BCUT2D eigenvalue weighted by atomic mass is 16.3. The fraction of sp³-hybridized carbons (Fsp3) is 0.789. The van der Waals surface area contributed by atoms with Crippen LogP contribution in [0.1, 0.15) is 52.4 Å². The highest BCUT2D eigenvalue weighted by molar-refractivity contribution is 5.44. The van der Waals surface area contributed by atoms with Crippen molar-refractivity contribution >= 4 is 11.6 Å². The predicted octanol–water partition coefficient (Wildman–Crippen LogP) is 3.06. The van der Waals surface area contributed by atoms with E-state index in [1.54, 1.807) is 0 Å². The number of hydrogen-bond donors (Lipinski definition) is 2. The van der Waals surface area contributed by atoms with Crippen LogP contribution in [0, 0.1) is 17.3 Å². The van der Waals surface area contributed by atoms with Gasteiger partial charge in [0.1, 0.15) is 0 Å². The van der Waals surface area contributed by atoms with E-state index in [4.69, 9.17) is 0 Å². The maximum absolute atomic E-state index is 9.48. The van der Waals surface area contributed by atoms with E-state index in [0.29, 0.717) is 11.5 Å². The van der Waals surface area contributed by atoms with Gasteiger partial charge in [-0.3, -0.25) is 0 Å². The van der Waals surface area contributed by atoms with Crippen LogP contribution in [-0.4, -0.2) is 40.3 Å². The van der Waals surface area contributed by atoms with Crippen molar-refractivity contribution in [1.29, 1.82) is 0 Å². The Morgan fingerprint density at radius 1 is 1.12 bits per heavy atom. The van der Waals surface area contributed by atoms with Gasteiger partial charge in [-0.1, -0.05) is 13.8 Å². The second-order valence-electron chi connectivity index (χ2n) is 8.65. The Morgan fingerprint density at radius 3 is 2.29 bits per heavy atom. The van der Waals surface area contributed by atoms with E-state index in [9.17, 15) is 5.11 Å². The molecule has 0 radical (unpaired) electrons. The molecule has 0 atom stereocenters. The Kier molecular flexibility index (Phi) is 4.15. The molecule has 1 aromatic rings. The van der Waals surface area contributed by atoms with Crippen molar-refractivity contribution < 1.29 is 5.11 Å². The van der Waals surface area contributed by atoms with Crippen LogP contribution in [-0.2, 0) is 0 Å². The largest absolute Gasteiger partial charge is 0.393 e. The summed E-state index contributed by atoms with van der Waals surface area (Å²) in [6.07, 6.45) is 10.6. The fourth-order valence-corrected chi connectivity index (χ4v) is 4.92. The van der Waals surface area contributed by atoms with Gasteiger partial charge in [-0.05, 0) is 55.8 Å². The summed E-state index contributed by atoms with van der Waals surface area (Å²) in [6.45, 7) is 6.80. The fourth-order valence-electron chi connectivity index (χ4n) is 4.92. The average molecular weight is 330 g/mol. The Morgan fingerprint density at radius 2 is 1.75 bits per heavy atom. The van der Waals surface area contributed by atoms with Crippen LogP contribution < -0.4 is 10.2 Å². The van der Waals surface area contributed by atoms with Gasteiger partial charge in [-0.2, -0.15) is 0 Å². The van der Waals surface area contributed by atoms with E-state index < -0.39 is 0 Å². The summed E-state index contributed by atoms with van der Waals surface area (Å²) in [5.74, 6) is 2.50. The zero-order valence-electron chi connectivity index (χ0n) is 14.9. The van der Waals surface area contributed by atoms with Crippen molar-refractivity contribution in [2.45, 2.75) is 64.5 Å². The van der Waals surface area contributed by atoms with Gasteiger partial charge < -0.3 is 15.3 Å². The van der Waals surface area contributed by atoms with Crippen LogP contribution >= 0.6 is 0 Å². The number of aliphatic hydroxyl groups excluding tert-OH is 1. The molecule has 1 aromatic heterocycles. The summed E-state index contributed by atoms with van der Waals surface area (Å²) in [6, 6.07) is 0.522. The second-order valence-corrected chi connectivity index (χ2v) is 8.65. The van der Waals surface area contributed by atoms with Gasteiger partial charge in [-0.15, -0.1) is 0 Å². The van der Waals surface area contributed by atoms with Crippen molar-refractivity contribution in [1.82, 2.24) is 9.97 Å². The van der Waals surface area contributed by atoms with E-state index in [2.05, 4.69) is 34.0 Å². The van der Waals surface area contributed by atoms with E-state index in [-0.39, 0.29) is 6.10 Å². The standard InChI is InChI=1S/C19H30N4O/c1-13(2)14-3-5-23(6-4-14)18-20-11-16(12-21-18)22-15-7-19(8-15)9-17(24)10-19/h11-15,17,22,24H,3-10H2,1-2H3. The lowest BCUT2D eigenvalue weighted by molar-refractivity contribution is -0.0867. The molecule has 5 heteroatoms. The van der Waals surface area contributed by atoms with Crippen LogP contribution in [0.4, 0.5) is 11.6 Å². The molecule has 3 fully saturated rings. The molecule has 4 rings (SSSR count). The molecule has 5 nitrogen and oxygen atoms in total. The third kappa shape index (κ3) is 3.10. The summed E-state index contributed by atoms with van der Waals surface area (Å²) in [5.41, 5.74) is 1.47. The molecule has 24 heavy (non-hydrogen) atoms. The van der Waals surface area contributed by atoms with Gasteiger partial charge >= 0.3 is 0 Å². The van der Waals surface area contributed by atoms with E-state index in [1.165, 1.54) is 25.7 Å². The van der Waals surface area contributed by atoms with Gasteiger partial charge in [0.05, 0.1) is 24.2 Å². The summed E-state index contributed by atoms with van der Waals surface area (Å²) in [5, 5.41) is 13.0. The first-order valence-corrected chi connectivity index (χ1v) is 9.55. The first-order chi connectivity index (χ1) is 11.5. The maximum Gasteiger partial charge on any atom is 0.225 e. The number of nitrogens with zero attached hydrogens (tertiary/aromatic N) is 3. The Hall–Kier alpha value is -1.36. The van der Waals surface area contributed by atoms with Crippen LogP contribution in [0.2, 0.25) is 0 Å². The van der Waals surface area contributed by atoms with Gasteiger partial charge in [-0.25, -0.2) is 9.97 Å². The molecular weight excluding hydrogens is 300 g/mol. The first-order valence-electron chi connectivity index (χ1n) is 9.55. The number of piperidine rings is 1. The zero-order chi connectivity index (χ0) is 16.7. The third-order valence-corrected chi connectivity index (χ3v) is 6.47. The molecule has 2 aliphatic carbocycles. The topological polar surface area (TPSA) is 61.3 Å². The first kappa shape index (κ1) is 16.1. The Labute approximate surface area is 144 Å². The minimum Gasteiger partial charge on any atom is -0.393 e. The monoisotopic (exact) mass is 330 g/mol. The minimum atomic E-state index is -0.0478. The number of aliphatic hydroxyl groups is 1. The summed E-state index contributed by atoms with van der Waals surface area (Å²) >= 11 is 0. The van der Waals surface area contributed by atoms with Crippen molar-refractivity contribution in [3.05, 3.63) is 12.4 Å². The molecule has 3 aliphatic rings. The lowest BCUT2D eigenvalue weighted by Crippen LogP contribution is -2.54. The molecule has 2 saturated carbocycles. The zero-order valence-corrected chi connectivity index (χ0v) is 14.9. The lowest BCUT2D eigenvalue weighted by Gasteiger charge is -2.56.